The Kier molecular flexibility index (Phi) is 12.5. The molecule has 3 N–H and O–H groups in total. The van der Waals surface area contributed by atoms with E-state index < -0.39 is 25.2 Å². The van der Waals surface area contributed by atoms with Crippen molar-refractivity contribution in [1.29, 1.82) is 0 Å². The third-order valence-electron chi connectivity index (χ3n) is 6.94. The number of carbonyl (C=O) groups is 3. The zero-order valence-corrected chi connectivity index (χ0v) is 25.6. The third-order valence-corrected chi connectivity index (χ3v) is 8.99. The average molecular weight is 592 g/mol. The Hall–Kier alpha value is -3.74. The average Bonchev–Trinajstić information content (AvgIpc) is 2.99. The summed E-state index contributed by atoms with van der Waals surface area (Å²) in [7, 11) is -3.86. The maximum atomic E-state index is 13.4. The fourth-order valence-electron chi connectivity index (χ4n) is 4.82. The Morgan fingerprint density at radius 2 is 1.43 bits per heavy atom. The van der Waals surface area contributed by atoms with E-state index in [2.05, 4.69) is 10.6 Å². The first-order valence-corrected chi connectivity index (χ1v) is 16.5. The molecule has 8 nitrogen and oxygen atoms in total. The quantitative estimate of drug-likeness (QED) is 0.198. The van der Waals surface area contributed by atoms with Crippen molar-refractivity contribution in [3.8, 4) is 0 Å². The molecule has 3 rings (SSSR count). The topological polar surface area (TPSA) is 116 Å². The van der Waals surface area contributed by atoms with Crippen LogP contribution < -0.4 is 10.6 Å². The van der Waals surface area contributed by atoms with E-state index >= 15 is 0 Å². The van der Waals surface area contributed by atoms with E-state index in [1.165, 1.54) is 0 Å². The van der Waals surface area contributed by atoms with E-state index in [4.69, 9.17) is 0 Å². The highest BCUT2D eigenvalue weighted by molar-refractivity contribution is 7.58. The highest BCUT2D eigenvalue weighted by Gasteiger charge is 2.31. The van der Waals surface area contributed by atoms with Crippen LogP contribution in [0, 0.1) is 5.92 Å². The number of rotatable bonds is 15. The monoisotopic (exact) mass is 591 g/mol. The van der Waals surface area contributed by atoms with E-state index in [0.29, 0.717) is 30.8 Å². The summed E-state index contributed by atoms with van der Waals surface area (Å²) in [5, 5.41) is 5.73. The van der Waals surface area contributed by atoms with Crippen LogP contribution in [0.1, 0.15) is 71.5 Å². The van der Waals surface area contributed by atoms with Crippen molar-refractivity contribution in [3.63, 3.8) is 0 Å². The van der Waals surface area contributed by atoms with Gasteiger partial charge in [0.15, 0.2) is 0 Å². The summed E-state index contributed by atoms with van der Waals surface area (Å²) >= 11 is 0. The van der Waals surface area contributed by atoms with E-state index in [-0.39, 0.29) is 29.7 Å². The van der Waals surface area contributed by atoms with Crippen molar-refractivity contribution in [1.82, 2.24) is 15.5 Å². The summed E-state index contributed by atoms with van der Waals surface area (Å²) in [6.07, 6.45) is 1.21. The molecule has 0 aliphatic heterocycles. The lowest BCUT2D eigenvalue weighted by Gasteiger charge is -2.24. The molecule has 0 heterocycles. The van der Waals surface area contributed by atoms with Crippen LogP contribution in [0.4, 0.5) is 0 Å². The van der Waals surface area contributed by atoms with Crippen LogP contribution in [0.3, 0.4) is 0 Å². The minimum absolute atomic E-state index is 0.132. The molecule has 3 aromatic carbocycles. The highest BCUT2D eigenvalue weighted by atomic mass is 31.2. The van der Waals surface area contributed by atoms with Crippen LogP contribution >= 0.6 is 7.37 Å². The van der Waals surface area contributed by atoms with Gasteiger partial charge >= 0.3 is 0 Å². The molecular formula is C33H42N3O5P. The number of nitrogens with zero attached hydrogens (tertiary/aromatic N) is 1. The van der Waals surface area contributed by atoms with Gasteiger partial charge in [-0.2, -0.15) is 0 Å². The molecule has 0 radical (unpaired) electrons. The Balaban J connectivity index is 1.72. The Bertz CT molecular complexity index is 1360. The second kappa shape index (κ2) is 16.0. The largest absolute Gasteiger partial charge is 0.352 e. The number of hydrogen-bond acceptors (Lipinski definition) is 4. The minimum atomic E-state index is -3.86. The lowest BCUT2D eigenvalue weighted by atomic mass is 10.1. The molecule has 0 spiro atoms. The van der Waals surface area contributed by atoms with Gasteiger partial charge in [-0.25, -0.2) is 0 Å². The Morgan fingerprint density at radius 1 is 0.833 bits per heavy atom. The lowest BCUT2D eigenvalue weighted by Crippen LogP contribution is -2.34. The second-order valence-corrected chi connectivity index (χ2v) is 13.0. The molecule has 0 saturated carbocycles. The molecule has 3 amide bonds. The molecule has 2 unspecified atom stereocenters. The van der Waals surface area contributed by atoms with Gasteiger partial charge in [-0.1, -0.05) is 87.5 Å². The molecule has 0 fully saturated rings. The van der Waals surface area contributed by atoms with Gasteiger partial charge in [0.1, 0.15) is 0 Å². The van der Waals surface area contributed by atoms with Crippen molar-refractivity contribution in [2.24, 2.45) is 5.92 Å². The zero-order chi connectivity index (χ0) is 30.5. The van der Waals surface area contributed by atoms with Gasteiger partial charge in [-0.15, -0.1) is 0 Å². The fraction of sp³-hybridized carbons (Fsp3) is 0.364. The van der Waals surface area contributed by atoms with Gasteiger partial charge < -0.3 is 20.4 Å². The maximum absolute atomic E-state index is 13.4. The van der Waals surface area contributed by atoms with Gasteiger partial charge in [-0.05, 0) is 42.2 Å². The van der Waals surface area contributed by atoms with E-state index in [9.17, 15) is 23.8 Å². The standard InChI is InChI=1S/C33H42N3O5P/c1-4-19-36(20-5-2)33(39)29-18-12-17-28(21-29)32(38)35-30(27-15-10-7-11-16-27)24-42(40,41)23-25(3)31(37)34-22-26-13-8-6-9-14-26/h6-18,21,25,30H,4-5,19-20,22-24H2,1-3H3,(H,34,37)(H,35,38)(H,40,41)/t25?,30-/m1/s1. The first-order valence-electron chi connectivity index (χ1n) is 14.5. The van der Waals surface area contributed by atoms with E-state index in [1.807, 2.05) is 50.2 Å². The van der Waals surface area contributed by atoms with Crippen molar-refractivity contribution >= 4 is 25.1 Å². The fourth-order valence-corrected chi connectivity index (χ4v) is 6.87. The van der Waals surface area contributed by atoms with Crippen molar-refractivity contribution in [2.45, 2.75) is 46.2 Å². The maximum Gasteiger partial charge on any atom is 0.253 e. The molecule has 3 atom stereocenters. The lowest BCUT2D eigenvalue weighted by molar-refractivity contribution is -0.124. The van der Waals surface area contributed by atoms with Gasteiger partial charge in [-0.3, -0.25) is 18.9 Å². The summed E-state index contributed by atoms with van der Waals surface area (Å²) < 4.78 is 13.4. The van der Waals surface area contributed by atoms with Crippen LogP contribution in [-0.2, 0) is 15.9 Å². The molecule has 0 saturated heterocycles. The van der Waals surface area contributed by atoms with Gasteiger partial charge in [0, 0.05) is 49.0 Å². The molecule has 9 heteroatoms. The smallest absolute Gasteiger partial charge is 0.253 e. The number of amides is 3. The molecule has 0 aliphatic rings. The summed E-state index contributed by atoms with van der Waals surface area (Å²) in [6, 6.07) is 24.2. The molecule has 3 aromatic rings. The van der Waals surface area contributed by atoms with Crippen molar-refractivity contribution < 1.29 is 23.8 Å². The van der Waals surface area contributed by atoms with Crippen LogP contribution in [0.5, 0.6) is 0 Å². The van der Waals surface area contributed by atoms with Crippen molar-refractivity contribution in [3.05, 3.63) is 107 Å². The normalized spacial score (nSPS) is 13.8. The van der Waals surface area contributed by atoms with E-state index in [0.717, 1.165) is 18.4 Å². The molecule has 224 valence electrons. The van der Waals surface area contributed by atoms with Crippen LogP contribution in [0.25, 0.3) is 0 Å². The molecule has 42 heavy (non-hydrogen) atoms. The predicted octanol–water partition coefficient (Wildman–Crippen LogP) is 5.64. The summed E-state index contributed by atoms with van der Waals surface area (Å²) in [5.41, 5.74) is 2.32. The summed E-state index contributed by atoms with van der Waals surface area (Å²) in [4.78, 5) is 51.9. The predicted molar refractivity (Wildman–Crippen MR) is 167 cm³/mol. The second-order valence-electron chi connectivity index (χ2n) is 10.6. The molecule has 0 aliphatic carbocycles. The number of benzene rings is 3. The van der Waals surface area contributed by atoms with Crippen LogP contribution in [0.15, 0.2) is 84.9 Å². The SMILES string of the molecule is CCCN(CCC)C(=O)c1cccc(C(=O)N[C@H](CP(=O)(O)CC(C)C(=O)NCc2ccccc2)c2ccccc2)c1. The summed E-state index contributed by atoms with van der Waals surface area (Å²) in [6.45, 7) is 7.25. The molecule has 0 bridgehead atoms. The zero-order valence-electron chi connectivity index (χ0n) is 24.7. The van der Waals surface area contributed by atoms with E-state index in [1.54, 1.807) is 60.4 Å². The number of hydrogen-bond donors (Lipinski definition) is 3. The Morgan fingerprint density at radius 3 is 2.05 bits per heavy atom. The Labute approximate surface area is 249 Å². The van der Waals surface area contributed by atoms with Gasteiger partial charge in [0.2, 0.25) is 13.3 Å². The molecular weight excluding hydrogens is 549 g/mol. The number of nitrogens with one attached hydrogen (secondary N) is 2. The highest BCUT2D eigenvalue weighted by Crippen LogP contribution is 2.46. The summed E-state index contributed by atoms with van der Waals surface area (Å²) in [5.74, 6) is -1.60. The molecule has 0 aromatic heterocycles. The van der Waals surface area contributed by atoms with Gasteiger partial charge in [0.25, 0.3) is 11.8 Å². The van der Waals surface area contributed by atoms with Crippen molar-refractivity contribution in [2.75, 3.05) is 25.4 Å². The number of carbonyl (C=O) groups excluding carboxylic acids is 3. The first-order chi connectivity index (χ1) is 20.1. The minimum Gasteiger partial charge on any atom is -0.352 e. The first kappa shape index (κ1) is 32.8. The van der Waals surface area contributed by atoms with Gasteiger partial charge in [0.05, 0.1) is 6.04 Å². The third kappa shape index (κ3) is 9.97. The van der Waals surface area contributed by atoms with Crippen LogP contribution in [-0.4, -0.2) is 52.9 Å². The van der Waals surface area contributed by atoms with Crippen LogP contribution in [0.2, 0.25) is 0 Å².